The summed E-state index contributed by atoms with van der Waals surface area (Å²) >= 11 is 0. The molecule has 2 heterocycles. The van der Waals surface area contributed by atoms with Gasteiger partial charge in [-0.25, -0.2) is 0 Å². The molecule has 0 radical (unpaired) electrons. The fraction of sp³-hybridized carbons (Fsp3) is 0.500. The number of hydrogen-bond donors (Lipinski definition) is 0. The van der Waals surface area contributed by atoms with Crippen LogP contribution in [0.5, 0.6) is 0 Å². The first-order valence-electron chi connectivity index (χ1n) is 7.36. The highest BCUT2D eigenvalue weighted by Gasteiger charge is 2.38. The standard InChI is InChI=1S/C16H15F6NO/c1-23-13-4-10(5-14(23)8-24-7-13)9-2-11(15(17,18)19)6-12(3-9)16(20,21)22/h2-4,6,13-14H,5,7-8H2,1H3. The second kappa shape index (κ2) is 5.77. The van der Waals surface area contributed by atoms with Crippen molar-refractivity contribution >= 4 is 5.57 Å². The van der Waals surface area contributed by atoms with Gasteiger partial charge >= 0.3 is 12.4 Å². The molecule has 24 heavy (non-hydrogen) atoms. The summed E-state index contributed by atoms with van der Waals surface area (Å²) in [5.41, 5.74) is -2.09. The van der Waals surface area contributed by atoms with Crippen LogP contribution in [-0.4, -0.2) is 37.2 Å². The highest BCUT2D eigenvalue weighted by atomic mass is 19.4. The third-order valence-electron chi connectivity index (χ3n) is 4.51. The van der Waals surface area contributed by atoms with E-state index in [-0.39, 0.29) is 23.7 Å². The molecule has 0 aliphatic carbocycles. The molecule has 2 unspecified atom stereocenters. The van der Waals surface area contributed by atoms with Crippen molar-refractivity contribution in [3.05, 3.63) is 41.0 Å². The summed E-state index contributed by atoms with van der Waals surface area (Å²) in [5.74, 6) is 0. The van der Waals surface area contributed by atoms with Crippen LogP contribution in [0.2, 0.25) is 0 Å². The van der Waals surface area contributed by atoms with E-state index >= 15 is 0 Å². The lowest BCUT2D eigenvalue weighted by Gasteiger charge is -2.42. The minimum absolute atomic E-state index is 0.0258. The zero-order chi connectivity index (χ0) is 17.7. The van der Waals surface area contributed by atoms with E-state index in [1.165, 1.54) is 0 Å². The number of rotatable bonds is 1. The van der Waals surface area contributed by atoms with Crippen molar-refractivity contribution in [3.63, 3.8) is 0 Å². The topological polar surface area (TPSA) is 12.5 Å². The number of alkyl halides is 6. The molecule has 1 saturated heterocycles. The van der Waals surface area contributed by atoms with E-state index in [0.717, 1.165) is 12.1 Å². The quantitative estimate of drug-likeness (QED) is 0.703. The summed E-state index contributed by atoms with van der Waals surface area (Å²) in [6.45, 7) is 0.789. The van der Waals surface area contributed by atoms with E-state index in [0.29, 0.717) is 25.2 Å². The smallest absolute Gasteiger partial charge is 0.378 e. The molecule has 1 aromatic carbocycles. The predicted octanol–water partition coefficient (Wildman–Crippen LogP) is 4.21. The molecule has 8 heteroatoms. The van der Waals surface area contributed by atoms with Gasteiger partial charge < -0.3 is 4.74 Å². The predicted molar refractivity (Wildman–Crippen MR) is 75.2 cm³/mol. The first-order valence-corrected chi connectivity index (χ1v) is 7.36. The molecule has 2 atom stereocenters. The molecule has 0 saturated carbocycles. The molecule has 0 spiro atoms. The second-order valence-corrected chi connectivity index (χ2v) is 6.11. The van der Waals surface area contributed by atoms with Crippen molar-refractivity contribution in [2.24, 2.45) is 0 Å². The lowest BCUT2D eigenvalue weighted by Crippen LogP contribution is -2.51. The molecule has 2 aliphatic rings. The fourth-order valence-corrected chi connectivity index (χ4v) is 3.11. The Labute approximate surface area is 134 Å². The van der Waals surface area contributed by atoms with Gasteiger partial charge in [0, 0.05) is 6.04 Å². The van der Waals surface area contributed by atoms with Gasteiger partial charge in [-0.05, 0) is 42.8 Å². The second-order valence-electron chi connectivity index (χ2n) is 6.11. The van der Waals surface area contributed by atoms with Crippen LogP contribution >= 0.6 is 0 Å². The van der Waals surface area contributed by atoms with Gasteiger partial charge in [0.15, 0.2) is 0 Å². The number of morpholine rings is 1. The van der Waals surface area contributed by atoms with Crippen LogP contribution < -0.4 is 0 Å². The van der Waals surface area contributed by atoms with Crippen LogP contribution in [0.4, 0.5) is 26.3 Å². The zero-order valence-corrected chi connectivity index (χ0v) is 12.7. The molecule has 3 rings (SSSR count). The third-order valence-corrected chi connectivity index (χ3v) is 4.51. The number of halogens is 6. The molecule has 132 valence electrons. The Morgan fingerprint density at radius 3 is 2.04 bits per heavy atom. The Kier molecular flexibility index (Phi) is 4.16. The molecule has 2 nitrogen and oxygen atoms in total. The summed E-state index contributed by atoms with van der Waals surface area (Å²) in [6.07, 6.45) is -7.61. The van der Waals surface area contributed by atoms with Crippen molar-refractivity contribution in [3.8, 4) is 0 Å². The minimum atomic E-state index is -4.83. The van der Waals surface area contributed by atoms with E-state index in [1.807, 2.05) is 11.9 Å². The average molecular weight is 351 g/mol. The highest BCUT2D eigenvalue weighted by Crippen LogP contribution is 2.39. The van der Waals surface area contributed by atoms with E-state index < -0.39 is 23.5 Å². The molecule has 2 bridgehead atoms. The monoisotopic (exact) mass is 351 g/mol. The lowest BCUT2D eigenvalue weighted by atomic mass is 9.88. The van der Waals surface area contributed by atoms with Gasteiger partial charge in [0.1, 0.15) is 0 Å². The molecular weight excluding hydrogens is 336 g/mol. The van der Waals surface area contributed by atoms with E-state index in [2.05, 4.69) is 0 Å². The van der Waals surface area contributed by atoms with Crippen LogP contribution in [-0.2, 0) is 17.1 Å². The lowest BCUT2D eigenvalue weighted by molar-refractivity contribution is -0.143. The van der Waals surface area contributed by atoms with Gasteiger partial charge in [-0.2, -0.15) is 26.3 Å². The van der Waals surface area contributed by atoms with Gasteiger partial charge in [-0.3, -0.25) is 4.90 Å². The maximum Gasteiger partial charge on any atom is 0.416 e. The normalized spacial score (nSPS) is 25.5. The van der Waals surface area contributed by atoms with Crippen LogP contribution in [0.25, 0.3) is 5.57 Å². The maximum atomic E-state index is 13.0. The number of nitrogens with zero attached hydrogens (tertiary/aromatic N) is 1. The van der Waals surface area contributed by atoms with Gasteiger partial charge in [-0.1, -0.05) is 6.08 Å². The van der Waals surface area contributed by atoms with Crippen LogP contribution in [0.15, 0.2) is 24.3 Å². The van der Waals surface area contributed by atoms with Gasteiger partial charge in [-0.15, -0.1) is 0 Å². The Bertz CT molecular complexity index is 631. The number of ether oxygens (including phenoxy) is 1. The SMILES string of the molecule is CN1C2C=C(c3cc(C(F)(F)F)cc(C(F)(F)F)c3)CC1COC2. The first kappa shape index (κ1) is 17.3. The Morgan fingerprint density at radius 2 is 1.54 bits per heavy atom. The van der Waals surface area contributed by atoms with Gasteiger partial charge in [0.2, 0.25) is 0 Å². The zero-order valence-electron chi connectivity index (χ0n) is 12.7. The molecule has 1 aromatic rings. The summed E-state index contributed by atoms with van der Waals surface area (Å²) in [6, 6.07) is 1.55. The Hall–Kier alpha value is -1.54. The molecule has 1 fully saturated rings. The van der Waals surface area contributed by atoms with E-state index in [1.54, 1.807) is 6.08 Å². The van der Waals surface area contributed by atoms with Crippen molar-refractivity contribution < 1.29 is 31.1 Å². The molecule has 2 aliphatic heterocycles. The number of fused-ring (bicyclic) bond motifs is 2. The summed E-state index contributed by atoms with van der Waals surface area (Å²) in [4.78, 5) is 2.03. The fourth-order valence-electron chi connectivity index (χ4n) is 3.11. The molecular formula is C16H15F6NO. The minimum Gasteiger partial charge on any atom is -0.378 e. The number of benzene rings is 1. The Balaban J connectivity index is 2.07. The first-order chi connectivity index (χ1) is 11.1. The average Bonchev–Trinajstić information content (AvgIpc) is 2.44. The third kappa shape index (κ3) is 3.30. The van der Waals surface area contributed by atoms with E-state index in [9.17, 15) is 26.3 Å². The van der Waals surface area contributed by atoms with E-state index in [4.69, 9.17) is 4.74 Å². The van der Waals surface area contributed by atoms with Crippen molar-refractivity contribution in [1.29, 1.82) is 0 Å². The van der Waals surface area contributed by atoms with Crippen LogP contribution in [0.1, 0.15) is 23.1 Å². The van der Waals surface area contributed by atoms with Crippen LogP contribution in [0, 0.1) is 0 Å². The molecule has 0 aromatic heterocycles. The van der Waals surface area contributed by atoms with Crippen LogP contribution in [0.3, 0.4) is 0 Å². The Morgan fingerprint density at radius 1 is 0.958 bits per heavy atom. The summed E-state index contributed by atoms with van der Waals surface area (Å²) in [7, 11) is 1.87. The van der Waals surface area contributed by atoms with Gasteiger partial charge in [0.25, 0.3) is 0 Å². The molecule has 0 N–H and O–H groups in total. The van der Waals surface area contributed by atoms with Gasteiger partial charge in [0.05, 0.1) is 30.4 Å². The largest absolute Gasteiger partial charge is 0.416 e. The van der Waals surface area contributed by atoms with Crippen molar-refractivity contribution in [1.82, 2.24) is 4.90 Å². The summed E-state index contributed by atoms with van der Waals surface area (Å²) in [5, 5.41) is 0. The van der Waals surface area contributed by atoms with Crippen molar-refractivity contribution in [2.75, 3.05) is 20.3 Å². The number of likely N-dealkylation sites (N-methyl/N-ethyl adjacent to an activating group) is 1. The molecule has 0 amide bonds. The summed E-state index contributed by atoms with van der Waals surface area (Å²) < 4.78 is 83.3. The highest BCUT2D eigenvalue weighted by molar-refractivity contribution is 5.69. The number of hydrogen-bond acceptors (Lipinski definition) is 2. The maximum absolute atomic E-state index is 13.0. The van der Waals surface area contributed by atoms with Crippen molar-refractivity contribution in [2.45, 2.75) is 30.9 Å².